The van der Waals surface area contributed by atoms with E-state index in [1.54, 1.807) is 6.20 Å². The monoisotopic (exact) mass is 258 g/mol. The lowest BCUT2D eigenvalue weighted by atomic mass is 10.1. The lowest BCUT2D eigenvalue weighted by Crippen LogP contribution is -2.10. The van der Waals surface area contributed by atoms with Gasteiger partial charge in [0, 0.05) is 24.4 Å². The Morgan fingerprint density at radius 3 is 3.21 bits per heavy atom. The largest absolute Gasteiger partial charge is 0.339 e. The third kappa shape index (κ3) is 2.66. The second kappa shape index (κ2) is 5.48. The van der Waals surface area contributed by atoms with E-state index >= 15 is 0 Å². The zero-order valence-corrected chi connectivity index (χ0v) is 11.1. The van der Waals surface area contributed by atoms with Gasteiger partial charge in [0.2, 0.25) is 11.7 Å². The zero-order valence-electron chi connectivity index (χ0n) is 11.1. The van der Waals surface area contributed by atoms with Gasteiger partial charge in [-0.3, -0.25) is 4.98 Å². The Balaban J connectivity index is 1.80. The van der Waals surface area contributed by atoms with Gasteiger partial charge in [0.25, 0.3) is 0 Å². The molecule has 1 fully saturated rings. The lowest BCUT2D eigenvalue weighted by Gasteiger charge is -2.02. The van der Waals surface area contributed by atoms with Crippen molar-refractivity contribution >= 4 is 0 Å². The van der Waals surface area contributed by atoms with E-state index in [0.717, 1.165) is 42.9 Å². The van der Waals surface area contributed by atoms with Gasteiger partial charge >= 0.3 is 0 Å². The standard InChI is InChI=1S/C14H18N4O/c1-2-11-9-16-6-4-12(11)14-17-13(19-18-14)7-10-3-5-15-8-10/h4,6,9-10,15H,2-3,5,7-8H2,1H3. The fraction of sp³-hybridized carbons (Fsp3) is 0.500. The van der Waals surface area contributed by atoms with E-state index in [0.29, 0.717) is 11.7 Å². The molecule has 19 heavy (non-hydrogen) atoms. The van der Waals surface area contributed by atoms with Crippen LogP contribution in [0.2, 0.25) is 0 Å². The SMILES string of the molecule is CCc1cnccc1-c1noc(CC2CCNC2)n1. The number of pyridine rings is 1. The predicted octanol–water partition coefficient (Wildman–Crippen LogP) is 1.85. The Morgan fingerprint density at radius 1 is 1.47 bits per heavy atom. The van der Waals surface area contributed by atoms with Crippen LogP contribution in [0.15, 0.2) is 23.0 Å². The summed E-state index contributed by atoms with van der Waals surface area (Å²) in [6.45, 7) is 4.24. The molecule has 1 unspecified atom stereocenters. The minimum Gasteiger partial charge on any atom is -0.339 e. The number of hydrogen-bond acceptors (Lipinski definition) is 5. The highest BCUT2D eigenvalue weighted by molar-refractivity contribution is 5.58. The van der Waals surface area contributed by atoms with Gasteiger partial charge in [0.05, 0.1) is 0 Å². The molecular formula is C14H18N4O. The second-order valence-corrected chi connectivity index (χ2v) is 4.96. The Labute approximate surface area is 112 Å². The van der Waals surface area contributed by atoms with Crippen LogP contribution in [0.4, 0.5) is 0 Å². The number of nitrogens with one attached hydrogen (secondary N) is 1. The summed E-state index contributed by atoms with van der Waals surface area (Å²) >= 11 is 0. The Bertz CT molecular complexity index is 546. The van der Waals surface area contributed by atoms with Gasteiger partial charge in [-0.15, -0.1) is 0 Å². The normalized spacial score (nSPS) is 18.9. The molecule has 1 atom stereocenters. The molecule has 0 radical (unpaired) electrons. The predicted molar refractivity (Wildman–Crippen MR) is 71.6 cm³/mol. The maximum Gasteiger partial charge on any atom is 0.227 e. The van der Waals surface area contributed by atoms with Crippen LogP contribution < -0.4 is 5.32 Å². The highest BCUT2D eigenvalue weighted by Crippen LogP contribution is 2.22. The minimum atomic E-state index is 0.622. The minimum absolute atomic E-state index is 0.622. The van der Waals surface area contributed by atoms with Gasteiger partial charge in [-0.05, 0) is 43.5 Å². The van der Waals surface area contributed by atoms with Crippen molar-refractivity contribution in [2.75, 3.05) is 13.1 Å². The molecule has 3 heterocycles. The molecule has 0 spiro atoms. The van der Waals surface area contributed by atoms with Crippen molar-refractivity contribution in [2.45, 2.75) is 26.2 Å². The average molecular weight is 258 g/mol. The quantitative estimate of drug-likeness (QED) is 0.906. The van der Waals surface area contributed by atoms with Gasteiger partial charge in [-0.1, -0.05) is 12.1 Å². The number of hydrogen-bond donors (Lipinski definition) is 1. The Kier molecular flexibility index (Phi) is 3.55. The second-order valence-electron chi connectivity index (χ2n) is 4.96. The lowest BCUT2D eigenvalue weighted by molar-refractivity contribution is 0.358. The van der Waals surface area contributed by atoms with Crippen molar-refractivity contribution in [3.05, 3.63) is 29.9 Å². The van der Waals surface area contributed by atoms with Crippen LogP contribution >= 0.6 is 0 Å². The molecule has 2 aromatic rings. The van der Waals surface area contributed by atoms with Crippen LogP contribution in [0.25, 0.3) is 11.4 Å². The van der Waals surface area contributed by atoms with E-state index in [1.807, 2.05) is 12.3 Å². The van der Waals surface area contributed by atoms with E-state index in [2.05, 4.69) is 27.4 Å². The molecule has 0 aromatic carbocycles. The summed E-state index contributed by atoms with van der Waals surface area (Å²) in [7, 11) is 0. The molecule has 0 saturated carbocycles. The van der Waals surface area contributed by atoms with Crippen molar-refractivity contribution < 1.29 is 4.52 Å². The van der Waals surface area contributed by atoms with Crippen LogP contribution in [0.5, 0.6) is 0 Å². The third-order valence-electron chi connectivity index (χ3n) is 3.62. The fourth-order valence-corrected chi connectivity index (χ4v) is 2.51. The van der Waals surface area contributed by atoms with Crippen molar-refractivity contribution in [3.63, 3.8) is 0 Å². The van der Waals surface area contributed by atoms with Crippen molar-refractivity contribution in [1.29, 1.82) is 0 Å². The van der Waals surface area contributed by atoms with Gasteiger partial charge in [0.15, 0.2) is 0 Å². The summed E-state index contributed by atoms with van der Waals surface area (Å²) in [6.07, 6.45) is 6.61. The first kappa shape index (κ1) is 12.3. The number of rotatable bonds is 4. The molecule has 2 aromatic heterocycles. The van der Waals surface area contributed by atoms with E-state index in [4.69, 9.17) is 4.52 Å². The number of aromatic nitrogens is 3. The summed E-state index contributed by atoms with van der Waals surface area (Å²) in [4.78, 5) is 8.66. The summed E-state index contributed by atoms with van der Waals surface area (Å²) in [5.41, 5.74) is 2.18. The molecule has 0 bridgehead atoms. The smallest absolute Gasteiger partial charge is 0.227 e. The van der Waals surface area contributed by atoms with E-state index < -0.39 is 0 Å². The molecule has 1 aliphatic heterocycles. The highest BCUT2D eigenvalue weighted by Gasteiger charge is 2.19. The van der Waals surface area contributed by atoms with Gasteiger partial charge in [0.1, 0.15) is 0 Å². The van der Waals surface area contributed by atoms with Crippen LogP contribution in [0.1, 0.15) is 24.8 Å². The first-order valence-electron chi connectivity index (χ1n) is 6.83. The zero-order chi connectivity index (χ0) is 13.1. The van der Waals surface area contributed by atoms with Crippen molar-refractivity contribution in [2.24, 2.45) is 5.92 Å². The summed E-state index contributed by atoms with van der Waals surface area (Å²) in [5, 5.41) is 7.45. The topological polar surface area (TPSA) is 63.8 Å². The molecule has 1 saturated heterocycles. The van der Waals surface area contributed by atoms with Gasteiger partial charge in [-0.2, -0.15) is 4.98 Å². The summed E-state index contributed by atoms with van der Waals surface area (Å²) in [5.74, 6) is 2.04. The molecule has 5 heteroatoms. The van der Waals surface area contributed by atoms with E-state index in [-0.39, 0.29) is 0 Å². The number of nitrogens with zero attached hydrogens (tertiary/aromatic N) is 3. The molecule has 1 N–H and O–H groups in total. The third-order valence-corrected chi connectivity index (χ3v) is 3.62. The summed E-state index contributed by atoms with van der Waals surface area (Å²) in [6, 6.07) is 1.95. The molecule has 0 aliphatic carbocycles. The maximum absolute atomic E-state index is 5.37. The average Bonchev–Trinajstić information content (AvgIpc) is 3.11. The molecule has 5 nitrogen and oxygen atoms in total. The van der Waals surface area contributed by atoms with Crippen molar-refractivity contribution in [3.8, 4) is 11.4 Å². The van der Waals surface area contributed by atoms with Gasteiger partial charge < -0.3 is 9.84 Å². The molecule has 1 aliphatic rings. The maximum atomic E-state index is 5.37. The van der Waals surface area contributed by atoms with Crippen LogP contribution in [0, 0.1) is 5.92 Å². The van der Waals surface area contributed by atoms with Crippen LogP contribution in [-0.2, 0) is 12.8 Å². The van der Waals surface area contributed by atoms with Crippen LogP contribution in [0.3, 0.4) is 0 Å². The highest BCUT2D eigenvalue weighted by atomic mass is 16.5. The van der Waals surface area contributed by atoms with Gasteiger partial charge in [-0.25, -0.2) is 0 Å². The van der Waals surface area contributed by atoms with E-state index in [9.17, 15) is 0 Å². The first-order chi connectivity index (χ1) is 9.36. The van der Waals surface area contributed by atoms with Crippen LogP contribution in [-0.4, -0.2) is 28.2 Å². The Morgan fingerprint density at radius 2 is 2.42 bits per heavy atom. The summed E-state index contributed by atoms with van der Waals surface area (Å²) < 4.78 is 5.37. The molecular weight excluding hydrogens is 240 g/mol. The van der Waals surface area contributed by atoms with Crippen molar-refractivity contribution in [1.82, 2.24) is 20.4 Å². The van der Waals surface area contributed by atoms with E-state index in [1.165, 1.54) is 6.42 Å². The molecule has 100 valence electrons. The molecule has 3 rings (SSSR count). The number of aryl methyl sites for hydroxylation is 1. The fourth-order valence-electron chi connectivity index (χ4n) is 2.51. The molecule has 0 amide bonds. The Hall–Kier alpha value is -1.75. The first-order valence-corrected chi connectivity index (χ1v) is 6.83.